The summed E-state index contributed by atoms with van der Waals surface area (Å²) in [6.07, 6.45) is 3.39. The van der Waals surface area contributed by atoms with Gasteiger partial charge in [0.2, 0.25) is 0 Å². The molecular weight excluding hydrogens is 246 g/mol. The molecule has 1 aromatic carbocycles. The van der Waals surface area contributed by atoms with E-state index in [0.29, 0.717) is 16.8 Å². The highest BCUT2D eigenvalue weighted by Crippen LogP contribution is 2.22. The number of carbonyl (C=O) groups excluding carboxylic acids is 2. The van der Waals surface area contributed by atoms with Gasteiger partial charge in [0.05, 0.1) is 23.1 Å². The molecule has 1 aliphatic rings. The Morgan fingerprint density at radius 1 is 1.16 bits per heavy atom. The van der Waals surface area contributed by atoms with Crippen LogP contribution in [0.4, 0.5) is 0 Å². The van der Waals surface area contributed by atoms with Crippen LogP contribution in [0, 0.1) is 0 Å². The van der Waals surface area contributed by atoms with Crippen molar-refractivity contribution in [1.82, 2.24) is 14.6 Å². The van der Waals surface area contributed by atoms with Crippen LogP contribution in [-0.4, -0.2) is 26.4 Å². The van der Waals surface area contributed by atoms with Crippen LogP contribution in [0.5, 0.6) is 0 Å². The molecule has 2 amide bonds. The van der Waals surface area contributed by atoms with Crippen molar-refractivity contribution in [3.05, 3.63) is 53.6 Å². The van der Waals surface area contributed by atoms with Gasteiger partial charge >= 0.3 is 0 Å². The van der Waals surface area contributed by atoms with Crippen LogP contribution >= 0.6 is 0 Å². The third kappa shape index (κ3) is 1.92. The third-order valence-electron chi connectivity index (χ3n) is 2.86. The van der Waals surface area contributed by atoms with Crippen LogP contribution < -0.4 is 0 Å². The number of nitrogens with zero attached hydrogens (tertiary/aromatic N) is 3. The number of hydroxylamine groups is 2. The quantitative estimate of drug-likeness (QED) is 0.774. The number of benzene rings is 1. The molecule has 0 saturated heterocycles. The molecule has 96 valence electrons. The van der Waals surface area contributed by atoms with E-state index in [9.17, 15) is 9.59 Å². The van der Waals surface area contributed by atoms with Crippen LogP contribution in [0.3, 0.4) is 0 Å². The first-order valence-electron chi connectivity index (χ1n) is 5.74. The molecule has 0 N–H and O–H groups in total. The first-order valence-corrected chi connectivity index (χ1v) is 5.74. The highest BCUT2D eigenvalue weighted by Gasteiger charge is 2.36. The third-order valence-corrected chi connectivity index (χ3v) is 2.86. The second-order valence-corrected chi connectivity index (χ2v) is 4.25. The van der Waals surface area contributed by atoms with Crippen LogP contribution in [0.15, 0.2) is 36.8 Å². The van der Waals surface area contributed by atoms with Crippen molar-refractivity contribution in [1.29, 1.82) is 0 Å². The molecule has 6 nitrogen and oxygen atoms in total. The van der Waals surface area contributed by atoms with Gasteiger partial charge in [0, 0.05) is 13.2 Å². The average Bonchev–Trinajstić information content (AvgIpc) is 2.93. The maximum Gasteiger partial charge on any atom is 0.285 e. The predicted octanol–water partition coefficient (Wildman–Crippen LogP) is 1.15. The van der Waals surface area contributed by atoms with Crippen LogP contribution in [0.25, 0.3) is 0 Å². The molecule has 0 fully saturated rings. The van der Waals surface area contributed by atoms with Gasteiger partial charge in [-0.2, -0.15) is 0 Å². The van der Waals surface area contributed by atoms with Crippen molar-refractivity contribution < 1.29 is 14.4 Å². The van der Waals surface area contributed by atoms with E-state index in [2.05, 4.69) is 4.98 Å². The molecule has 2 aromatic rings. The van der Waals surface area contributed by atoms with E-state index in [4.69, 9.17) is 4.84 Å². The lowest BCUT2D eigenvalue weighted by molar-refractivity contribution is -0.101. The van der Waals surface area contributed by atoms with Crippen LogP contribution in [-0.2, 0) is 18.5 Å². The lowest BCUT2D eigenvalue weighted by Gasteiger charge is -2.11. The number of imide groups is 1. The molecule has 1 aliphatic heterocycles. The topological polar surface area (TPSA) is 64.4 Å². The van der Waals surface area contributed by atoms with Gasteiger partial charge in [-0.1, -0.05) is 12.1 Å². The number of amides is 2. The summed E-state index contributed by atoms with van der Waals surface area (Å²) in [5, 5.41) is 0.791. The van der Waals surface area contributed by atoms with E-state index in [1.54, 1.807) is 41.4 Å². The van der Waals surface area contributed by atoms with Crippen LogP contribution in [0.2, 0.25) is 0 Å². The van der Waals surface area contributed by atoms with Crippen molar-refractivity contribution in [2.75, 3.05) is 0 Å². The second-order valence-electron chi connectivity index (χ2n) is 4.25. The van der Waals surface area contributed by atoms with E-state index in [-0.39, 0.29) is 6.61 Å². The summed E-state index contributed by atoms with van der Waals surface area (Å²) in [4.78, 5) is 33.3. The number of fused-ring (bicyclic) bond motifs is 1. The number of rotatable bonds is 3. The Bertz CT molecular complexity index is 628. The van der Waals surface area contributed by atoms with Gasteiger partial charge in [-0.25, -0.2) is 4.98 Å². The SMILES string of the molecule is Cn1cnc(CON2C(=O)c3ccccc3C2=O)c1. The Balaban J connectivity index is 1.77. The molecule has 0 spiro atoms. The summed E-state index contributed by atoms with van der Waals surface area (Å²) in [5.74, 6) is -0.868. The Morgan fingerprint density at radius 3 is 2.32 bits per heavy atom. The fraction of sp³-hybridized carbons (Fsp3) is 0.154. The Hall–Kier alpha value is -2.47. The highest BCUT2D eigenvalue weighted by molar-refractivity contribution is 6.20. The number of aromatic nitrogens is 2. The summed E-state index contributed by atoms with van der Waals surface area (Å²) in [7, 11) is 1.83. The van der Waals surface area contributed by atoms with Gasteiger partial charge in [0.25, 0.3) is 11.8 Å². The van der Waals surface area contributed by atoms with Crippen molar-refractivity contribution in [2.24, 2.45) is 7.05 Å². The Labute approximate surface area is 109 Å². The normalized spacial score (nSPS) is 14.1. The average molecular weight is 257 g/mol. The minimum Gasteiger partial charge on any atom is -0.340 e. The summed E-state index contributed by atoms with van der Waals surface area (Å²) in [6.45, 7) is 0.0757. The molecule has 2 heterocycles. The molecule has 0 aliphatic carbocycles. The molecule has 0 atom stereocenters. The number of hydrogen-bond donors (Lipinski definition) is 0. The van der Waals surface area contributed by atoms with E-state index >= 15 is 0 Å². The second kappa shape index (κ2) is 4.33. The molecular formula is C13H11N3O3. The lowest BCUT2D eigenvalue weighted by atomic mass is 10.1. The van der Waals surface area contributed by atoms with E-state index < -0.39 is 11.8 Å². The van der Waals surface area contributed by atoms with Gasteiger partial charge in [-0.3, -0.25) is 14.4 Å². The molecule has 0 unspecified atom stereocenters. The fourth-order valence-electron chi connectivity index (χ4n) is 1.96. The number of carbonyl (C=O) groups is 2. The monoisotopic (exact) mass is 257 g/mol. The standard InChI is InChI=1S/C13H11N3O3/c1-15-6-9(14-8-15)7-19-16-12(17)10-4-2-3-5-11(10)13(16)18/h2-6,8H,7H2,1H3. The molecule has 19 heavy (non-hydrogen) atoms. The molecule has 6 heteroatoms. The molecule has 0 radical (unpaired) electrons. The Morgan fingerprint density at radius 2 is 1.79 bits per heavy atom. The van der Waals surface area contributed by atoms with Gasteiger partial charge in [-0.15, -0.1) is 5.06 Å². The van der Waals surface area contributed by atoms with Crippen molar-refractivity contribution >= 4 is 11.8 Å². The van der Waals surface area contributed by atoms with Gasteiger partial charge in [-0.05, 0) is 12.1 Å². The Kier molecular flexibility index (Phi) is 2.64. The van der Waals surface area contributed by atoms with Crippen molar-refractivity contribution in [3.63, 3.8) is 0 Å². The molecule has 1 aromatic heterocycles. The highest BCUT2D eigenvalue weighted by atomic mass is 16.7. The molecule has 3 rings (SSSR count). The van der Waals surface area contributed by atoms with E-state index in [0.717, 1.165) is 5.06 Å². The van der Waals surface area contributed by atoms with E-state index in [1.807, 2.05) is 7.05 Å². The van der Waals surface area contributed by atoms with Gasteiger partial charge in [0.1, 0.15) is 6.61 Å². The predicted molar refractivity (Wildman–Crippen MR) is 64.9 cm³/mol. The van der Waals surface area contributed by atoms with Gasteiger partial charge < -0.3 is 4.57 Å². The fourth-order valence-corrected chi connectivity index (χ4v) is 1.96. The first kappa shape index (κ1) is 11.6. The largest absolute Gasteiger partial charge is 0.340 e. The van der Waals surface area contributed by atoms with Gasteiger partial charge in [0.15, 0.2) is 0 Å². The summed E-state index contributed by atoms with van der Waals surface area (Å²) >= 11 is 0. The number of hydrogen-bond acceptors (Lipinski definition) is 4. The zero-order valence-electron chi connectivity index (χ0n) is 10.2. The molecule has 0 bridgehead atoms. The summed E-state index contributed by atoms with van der Waals surface area (Å²) in [6, 6.07) is 6.65. The smallest absolute Gasteiger partial charge is 0.285 e. The zero-order chi connectivity index (χ0) is 13.4. The lowest BCUT2D eigenvalue weighted by Crippen LogP contribution is -2.29. The zero-order valence-corrected chi connectivity index (χ0v) is 10.2. The summed E-state index contributed by atoms with van der Waals surface area (Å²) in [5.41, 5.74) is 1.39. The number of aryl methyl sites for hydroxylation is 1. The minimum absolute atomic E-state index is 0.0757. The summed E-state index contributed by atoms with van der Waals surface area (Å²) < 4.78 is 1.76. The van der Waals surface area contributed by atoms with Crippen molar-refractivity contribution in [3.8, 4) is 0 Å². The number of imidazole rings is 1. The maximum atomic E-state index is 12.0. The maximum absolute atomic E-state index is 12.0. The van der Waals surface area contributed by atoms with E-state index in [1.165, 1.54) is 0 Å². The van der Waals surface area contributed by atoms with Crippen molar-refractivity contribution in [2.45, 2.75) is 6.61 Å². The molecule has 0 saturated carbocycles. The first-order chi connectivity index (χ1) is 9.16. The van der Waals surface area contributed by atoms with Crippen LogP contribution in [0.1, 0.15) is 26.4 Å². The minimum atomic E-state index is -0.434.